The zero-order valence-electron chi connectivity index (χ0n) is 40.4. The van der Waals surface area contributed by atoms with Gasteiger partial charge in [0.25, 0.3) is 0 Å². The van der Waals surface area contributed by atoms with Gasteiger partial charge in [-0.2, -0.15) is 0 Å². The average molecular weight is 963 g/mol. The Labute approximate surface area is 400 Å². The minimum absolute atomic E-state index is 0.0380. The maximum absolute atomic E-state index is 13.1. The lowest BCUT2D eigenvalue weighted by atomic mass is 10.0. The average Bonchev–Trinajstić information content (AvgIpc) is 3.58. The number of unbranched alkanes of at least 4 members (excludes halogenated alkanes) is 15. The summed E-state index contributed by atoms with van der Waals surface area (Å²) in [6.45, 7) is 8.40. The van der Waals surface area contributed by atoms with Gasteiger partial charge in [0.2, 0.25) is 5.91 Å². The second-order valence-electron chi connectivity index (χ2n) is 16.2. The van der Waals surface area contributed by atoms with Gasteiger partial charge in [-0.05, 0) is 87.0 Å². The zero-order valence-corrected chi connectivity index (χ0v) is 42.0. The number of aromatic nitrogens is 1. The monoisotopic (exact) mass is 961 g/mol. The zero-order chi connectivity index (χ0) is 48.1. The van der Waals surface area contributed by atoms with Gasteiger partial charge >= 0.3 is 13.7 Å². The van der Waals surface area contributed by atoms with Gasteiger partial charge in [-0.25, -0.2) is 4.57 Å². The fourth-order valence-corrected chi connectivity index (χ4v) is 7.77. The van der Waals surface area contributed by atoms with Crippen molar-refractivity contribution < 1.29 is 51.8 Å². The summed E-state index contributed by atoms with van der Waals surface area (Å²) in [5.41, 5.74) is 1.86. The second-order valence-corrected chi connectivity index (χ2v) is 17.8. The lowest BCUT2D eigenvalue weighted by Crippen LogP contribution is -2.28. The molecule has 0 fully saturated rings. The van der Waals surface area contributed by atoms with Gasteiger partial charge in [-0.15, -0.1) is 0 Å². The minimum Gasteiger partial charge on any atom is -0.497 e. The van der Waals surface area contributed by atoms with Crippen LogP contribution >= 0.6 is 19.4 Å². The molecule has 2 aromatic rings. The number of hydrogen-bond acceptors (Lipinski definition) is 11. The molecule has 16 heteroatoms. The smallest absolute Gasteiger partial charge is 0.472 e. The highest BCUT2D eigenvalue weighted by Crippen LogP contribution is 2.43. The van der Waals surface area contributed by atoms with E-state index in [4.69, 9.17) is 44.3 Å². The van der Waals surface area contributed by atoms with Crippen LogP contribution in [0.25, 0.3) is 10.9 Å². The maximum atomic E-state index is 13.1. The number of likely N-dealkylation sites (N-methyl/N-ethyl adjacent to an activating group) is 1. The number of methoxy groups -OCH3 is 1. The first-order valence-corrected chi connectivity index (χ1v) is 25.7. The quantitative estimate of drug-likeness (QED) is 0.0284. The van der Waals surface area contributed by atoms with Gasteiger partial charge in [-0.3, -0.25) is 23.2 Å². The Balaban J connectivity index is 1.73. The summed E-state index contributed by atoms with van der Waals surface area (Å²) >= 11 is 5.30. The molecule has 2 atom stereocenters. The maximum Gasteiger partial charge on any atom is 0.472 e. The standard InChI is InChI=1S/C50H77ClN3O11P/c1-6-8-9-10-11-12-13-14-15-16-17-18-19-22-26-34-60-41-62-39-45(40-65-66(57,58)64-36-33-53(4)7-2)63-42-61-35-27-25-32-52-49(55)38-46-43(3)54(50(56)28-23-20-21-24-31-51)48-30-29-44(59-5)37-47(46)48/h29-30,37,45H,6-19,22,25-27,32-36,38-42H2,1-5H3,(H,52,55)(H,57,58). The number of phosphoric acid groups is 1. The number of carbonyl (C=O) groups is 2. The molecule has 0 radical (unpaired) electrons. The summed E-state index contributed by atoms with van der Waals surface area (Å²) in [5, 5.41) is 5.77. The summed E-state index contributed by atoms with van der Waals surface area (Å²) in [6.07, 6.45) is 20.1. The van der Waals surface area contributed by atoms with E-state index in [1.165, 1.54) is 88.0 Å². The van der Waals surface area contributed by atoms with E-state index in [2.05, 4.69) is 47.2 Å². The third kappa shape index (κ3) is 26.8. The molecule has 2 N–H and O–H groups in total. The summed E-state index contributed by atoms with van der Waals surface area (Å²) < 4.78 is 52.6. The molecule has 1 aromatic heterocycles. The van der Waals surface area contributed by atoms with Crippen LogP contribution in [-0.2, 0) is 43.8 Å². The number of amides is 1. The van der Waals surface area contributed by atoms with E-state index in [-0.39, 0.29) is 45.7 Å². The van der Waals surface area contributed by atoms with Crippen LogP contribution in [0, 0.1) is 41.9 Å². The second kappa shape index (κ2) is 37.5. The van der Waals surface area contributed by atoms with Gasteiger partial charge in [0.1, 0.15) is 25.4 Å². The summed E-state index contributed by atoms with van der Waals surface area (Å²) in [4.78, 5) is 38.4. The molecule has 2 rings (SSSR count). The van der Waals surface area contributed by atoms with Crippen molar-refractivity contribution in [2.75, 3.05) is 80.4 Å². The van der Waals surface area contributed by atoms with Crippen molar-refractivity contribution in [3.63, 3.8) is 0 Å². The molecule has 1 heterocycles. The third-order valence-corrected chi connectivity index (χ3v) is 12.0. The first kappa shape index (κ1) is 58.7. The molecule has 0 spiro atoms. The minimum atomic E-state index is -4.32. The van der Waals surface area contributed by atoms with Gasteiger partial charge in [0.15, 0.2) is 0 Å². The molecule has 0 aliphatic rings. The number of benzene rings is 1. The lowest BCUT2D eigenvalue weighted by molar-refractivity contribution is -0.143. The van der Waals surface area contributed by atoms with Crippen LogP contribution in [0.2, 0.25) is 0 Å². The van der Waals surface area contributed by atoms with Crippen LogP contribution in [0.15, 0.2) is 18.2 Å². The van der Waals surface area contributed by atoms with Crippen molar-refractivity contribution in [1.29, 1.82) is 0 Å². The number of halogens is 1. The van der Waals surface area contributed by atoms with Crippen molar-refractivity contribution in [1.82, 2.24) is 14.8 Å². The van der Waals surface area contributed by atoms with Crippen molar-refractivity contribution in [2.45, 2.75) is 142 Å². The number of hydrogen-bond donors (Lipinski definition) is 2. The third-order valence-electron chi connectivity index (χ3n) is 11.0. The van der Waals surface area contributed by atoms with Crippen LogP contribution in [-0.4, -0.2) is 113 Å². The Morgan fingerprint density at radius 3 is 2.06 bits per heavy atom. The number of nitrogens with one attached hydrogen (secondary N) is 1. The van der Waals surface area contributed by atoms with E-state index in [9.17, 15) is 19.0 Å². The highest BCUT2D eigenvalue weighted by atomic mass is 35.5. The summed E-state index contributed by atoms with van der Waals surface area (Å²) in [7, 11) is -0.883. The van der Waals surface area contributed by atoms with Gasteiger partial charge in [0.05, 0.1) is 38.9 Å². The number of ether oxygens (including phenoxy) is 5. The molecule has 2 unspecified atom stereocenters. The van der Waals surface area contributed by atoms with Crippen LogP contribution in [0.1, 0.15) is 139 Å². The van der Waals surface area contributed by atoms with Gasteiger partial charge in [-0.1, -0.05) is 104 Å². The molecule has 1 amide bonds. The van der Waals surface area contributed by atoms with E-state index in [1.807, 2.05) is 18.9 Å². The molecule has 370 valence electrons. The van der Waals surface area contributed by atoms with Crippen molar-refractivity contribution in [3.8, 4) is 40.7 Å². The van der Waals surface area contributed by atoms with E-state index in [0.29, 0.717) is 67.1 Å². The van der Waals surface area contributed by atoms with Crippen LogP contribution in [0.3, 0.4) is 0 Å². The van der Waals surface area contributed by atoms with Crippen molar-refractivity contribution >= 4 is 42.1 Å². The summed E-state index contributed by atoms with van der Waals surface area (Å²) in [6, 6.07) is 5.29. The molecule has 1 aromatic carbocycles. The highest BCUT2D eigenvalue weighted by Gasteiger charge is 2.24. The lowest BCUT2D eigenvalue weighted by Gasteiger charge is -2.20. The normalized spacial score (nSPS) is 12.4. The summed E-state index contributed by atoms with van der Waals surface area (Å²) in [5.74, 6) is 12.1. The van der Waals surface area contributed by atoms with Gasteiger partial charge in [0, 0.05) is 60.5 Å². The molecule has 0 aliphatic heterocycles. The highest BCUT2D eigenvalue weighted by molar-refractivity contribution is 7.47. The van der Waals surface area contributed by atoms with Crippen molar-refractivity contribution in [3.05, 3.63) is 29.5 Å². The largest absolute Gasteiger partial charge is 0.497 e. The number of carbonyl (C=O) groups excluding carboxylic acids is 2. The Kier molecular flexibility index (Phi) is 33.4. The molecule has 14 nitrogen and oxygen atoms in total. The molecule has 0 bridgehead atoms. The van der Waals surface area contributed by atoms with Crippen molar-refractivity contribution in [2.24, 2.45) is 0 Å². The molecule has 0 saturated heterocycles. The first-order valence-electron chi connectivity index (χ1n) is 23.8. The number of rotatable bonds is 39. The number of phosphoric ester groups is 1. The number of fused-ring (bicyclic) bond motifs is 1. The molecule has 66 heavy (non-hydrogen) atoms. The molecule has 0 aliphatic carbocycles. The van der Waals surface area contributed by atoms with Crippen LogP contribution in [0.5, 0.6) is 5.75 Å². The first-order chi connectivity index (χ1) is 32.1. The molecule has 0 saturated carbocycles. The Morgan fingerprint density at radius 2 is 1.42 bits per heavy atom. The SMILES string of the molecule is CCCCCCCCCCCCCCCCCOCOCC(COP(=O)(O)OCCN(C)CC)OCOCCCCNC(=O)Cc1c(C)n(C(=O)C#CC#CC#CCl)c2ccc(OC)cc12. The van der Waals surface area contributed by atoms with E-state index in [1.54, 1.807) is 32.2 Å². The predicted octanol–water partition coefficient (Wildman–Crippen LogP) is 9.55. The Bertz CT molecular complexity index is 1910. The van der Waals surface area contributed by atoms with Crippen LogP contribution in [0.4, 0.5) is 0 Å². The van der Waals surface area contributed by atoms with E-state index in [0.717, 1.165) is 19.4 Å². The topological polar surface area (TPSA) is 156 Å². The Hall–Kier alpha value is -3.42. The predicted molar refractivity (Wildman–Crippen MR) is 261 cm³/mol. The van der Waals surface area contributed by atoms with Crippen LogP contribution < -0.4 is 10.1 Å². The Morgan fingerprint density at radius 1 is 0.803 bits per heavy atom. The van der Waals surface area contributed by atoms with Gasteiger partial charge < -0.3 is 38.8 Å². The van der Waals surface area contributed by atoms with E-state index >= 15 is 0 Å². The molecular weight excluding hydrogens is 885 g/mol. The fourth-order valence-electron chi connectivity index (χ4n) is 6.99. The van der Waals surface area contributed by atoms with E-state index < -0.39 is 19.8 Å². The fraction of sp³-hybridized carbons (Fsp3) is 0.680. The molecular formula is C50H77ClN3O11P. The number of nitrogens with zero attached hydrogens (tertiary/aromatic N) is 2.